The molecule has 0 bridgehead atoms. The summed E-state index contributed by atoms with van der Waals surface area (Å²) >= 11 is 14.7. The van der Waals surface area contributed by atoms with Crippen LogP contribution in [0.2, 0.25) is 10.0 Å². The van der Waals surface area contributed by atoms with E-state index in [1.165, 1.54) is 0 Å². The SMILES string of the molecule is Clc1ccc(-c2nc(Br)no2)cc1Cl. The number of nitrogens with zero attached hydrogens (tertiary/aromatic N) is 2. The van der Waals surface area contributed by atoms with Crippen molar-refractivity contribution in [1.82, 2.24) is 10.1 Å². The van der Waals surface area contributed by atoms with Crippen LogP contribution in [0.25, 0.3) is 11.5 Å². The van der Waals surface area contributed by atoms with Gasteiger partial charge in [0.25, 0.3) is 5.89 Å². The van der Waals surface area contributed by atoms with Crippen LogP contribution in [-0.4, -0.2) is 10.1 Å². The summed E-state index contributed by atoms with van der Waals surface area (Å²) in [7, 11) is 0. The second-order valence-corrected chi connectivity index (χ2v) is 4.02. The van der Waals surface area contributed by atoms with Gasteiger partial charge in [0.05, 0.1) is 10.0 Å². The van der Waals surface area contributed by atoms with Gasteiger partial charge < -0.3 is 4.52 Å². The summed E-state index contributed by atoms with van der Waals surface area (Å²) in [6.45, 7) is 0. The van der Waals surface area contributed by atoms with Crippen molar-refractivity contribution in [1.29, 1.82) is 0 Å². The summed E-state index contributed by atoms with van der Waals surface area (Å²) in [6, 6.07) is 5.11. The first-order chi connectivity index (χ1) is 6.66. The van der Waals surface area contributed by atoms with Crippen LogP contribution in [0.3, 0.4) is 0 Å². The van der Waals surface area contributed by atoms with Crippen molar-refractivity contribution >= 4 is 39.1 Å². The topological polar surface area (TPSA) is 38.9 Å². The molecular weight excluding hydrogens is 291 g/mol. The summed E-state index contributed by atoms with van der Waals surface area (Å²) in [5, 5.41) is 4.55. The van der Waals surface area contributed by atoms with Crippen LogP contribution in [0, 0.1) is 0 Å². The van der Waals surface area contributed by atoms with E-state index in [2.05, 4.69) is 26.1 Å². The summed E-state index contributed by atoms with van der Waals surface area (Å²) < 4.78 is 5.34. The van der Waals surface area contributed by atoms with Gasteiger partial charge in [0.1, 0.15) is 0 Å². The minimum absolute atomic E-state index is 0.399. The molecule has 0 unspecified atom stereocenters. The fourth-order valence-corrected chi connectivity index (χ4v) is 1.48. The number of aromatic nitrogens is 2. The Morgan fingerprint density at radius 1 is 1.21 bits per heavy atom. The lowest BCUT2D eigenvalue weighted by atomic mass is 10.2. The molecule has 3 nitrogen and oxygen atoms in total. The van der Waals surface area contributed by atoms with Crippen molar-refractivity contribution in [2.75, 3.05) is 0 Å². The van der Waals surface area contributed by atoms with Crippen molar-refractivity contribution in [2.45, 2.75) is 0 Å². The maximum atomic E-state index is 5.84. The molecule has 0 aliphatic carbocycles. The summed E-state index contributed by atoms with van der Waals surface area (Å²) in [5.74, 6) is 0.399. The average Bonchev–Trinajstić information content (AvgIpc) is 2.57. The molecule has 1 aromatic heterocycles. The number of rotatable bonds is 1. The maximum Gasteiger partial charge on any atom is 0.258 e. The number of benzene rings is 1. The molecular formula is C8H3BrCl2N2O. The molecule has 72 valence electrons. The molecule has 2 aromatic rings. The van der Waals surface area contributed by atoms with Crippen molar-refractivity contribution in [3.63, 3.8) is 0 Å². The van der Waals surface area contributed by atoms with Gasteiger partial charge >= 0.3 is 0 Å². The molecule has 0 fully saturated rings. The Balaban J connectivity index is 2.47. The van der Waals surface area contributed by atoms with E-state index in [0.717, 1.165) is 5.56 Å². The molecule has 0 spiro atoms. The van der Waals surface area contributed by atoms with Crippen LogP contribution in [0.5, 0.6) is 0 Å². The molecule has 6 heteroatoms. The van der Waals surface area contributed by atoms with Gasteiger partial charge in [0.15, 0.2) is 0 Å². The fraction of sp³-hybridized carbons (Fsp3) is 0. The Morgan fingerprint density at radius 2 is 2.00 bits per heavy atom. The third-order valence-electron chi connectivity index (χ3n) is 1.57. The van der Waals surface area contributed by atoms with Gasteiger partial charge in [-0.2, -0.15) is 4.98 Å². The smallest absolute Gasteiger partial charge is 0.258 e. The van der Waals surface area contributed by atoms with Crippen LogP contribution >= 0.6 is 39.1 Å². The van der Waals surface area contributed by atoms with Gasteiger partial charge in [0, 0.05) is 5.56 Å². The molecule has 1 aromatic carbocycles. The standard InChI is InChI=1S/C8H3BrCl2N2O/c9-8-12-7(14-13-8)4-1-2-5(10)6(11)3-4/h1-3H. The molecule has 0 saturated carbocycles. The average molecular weight is 294 g/mol. The van der Waals surface area contributed by atoms with Crippen LogP contribution in [-0.2, 0) is 0 Å². The Bertz CT molecular complexity index is 472. The largest absolute Gasteiger partial charge is 0.333 e. The molecule has 0 atom stereocenters. The Hall–Kier alpha value is -0.580. The lowest BCUT2D eigenvalue weighted by molar-refractivity contribution is 0.426. The normalized spacial score (nSPS) is 10.5. The zero-order valence-corrected chi connectivity index (χ0v) is 9.77. The first-order valence-corrected chi connectivity index (χ1v) is 5.16. The van der Waals surface area contributed by atoms with Crippen molar-refractivity contribution < 1.29 is 4.52 Å². The van der Waals surface area contributed by atoms with E-state index in [0.29, 0.717) is 20.7 Å². The van der Waals surface area contributed by atoms with Gasteiger partial charge in [-0.15, -0.1) is 0 Å². The van der Waals surface area contributed by atoms with Crippen LogP contribution < -0.4 is 0 Å². The highest BCUT2D eigenvalue weighted by Crippen LogP contribution is 2.27. The zero-order valence-electron chi connectivity index (χ0n) is 6.67. The third-order valence-corrected chi connectivity index (χ3v) is 2.63. The van der Waals surface area contributed by atoms with Gasteiger partial charge in [0.2, 0.25) is 4.73 Å². The second kappa shape index (κ2) is 3.88. The highest BCUT2D eigenvalue weighted by Gasteiger charge is 2.08. The molecule has 0 radical (unpaired) electrons. The Kier molecular flexibility index (Phi) is 2.76. The molecule has 0 amide bonds. The maximum absolute atomic E-state index is 5.84. The predicted octanol–water partition coefficient (Wildman–Crippen LogP) is 3.81. The molecule has 0 saturated heterocycles. The van der Waals surface area contributed by atoms with E-state index in [1.54, 1.807) is 18.2 Å². The van der Waals surface area contributed by atoms with Crippen LogP contribution in [0.1, 0.15) is 0 Å². The van der Waals surface area contributed by atoms with Gasteiger partial charge in [-0.1, -0.05) is 23.2 Å². The molecule has 1 heterocycles. The molecule has 2 rings (SSSR count). The predicted molar refractivity (Wildman–Crippen MR) is 57.5 cm³/mol. The molecule has 14 heavy (non-hydrogen) atoms. The van der Waals surface area contributed by atoms with Crippen molar-refractivity contribution in [3.05, 3.63) is 33.0 Å². The van der Waals surface area contributed by atoms with E-state index in [1.807, 2.05) is 0 Å². The van der Waals surface area contributed by atoms with E-state index in [9.17, 15) is 0 Å². The molecule has 0 N–H and O–H groups in total. The highest BCUT2D eigenvalue weighted by molar-refractivity contribution is 9.10. The van der Waals surface area contributed by atoms with E-state index in [-0.39, 0.29) is 0 Å². The van der Waals surface area contributed by atoms with E-state index < -0.39 is 0 Å². The zero-order chi connectivity index (χ0) is 10.1. The number of halogens is 3. The molecule has 0 aliphatic rings. The third kappa shape index (κ3) is 1.92. The van der Waals surface area contributed by atoms with E-state index in [4.69, 9.17) is 27.7 Å². The minimum Gasteiger partial charge on any atom is -0.333 e. The van der Waals surface area contributed by atoms with Gasteiger partial charge in [-0.05, 0) is 39.3 Å². The Morgan fingerprint density at radius 3 is 2.57 bits per heavy atom. The monoisotopic (exact) mass is 292 g/mol. The molecule has 0 aliphatic heterocycles. The van der Waals surface area contributed by atoms with E-state index >= 15 is 0 Å². The quantitative estimate of drug-likeness (QED) is 0.802. The second-order valence-electron chi connectivity index (χ2n) is 2.50. The number of hydrogen-bond donors (Lipinski definition) is 0. The highest BCUT2D eigenvalue weighted by atomic mass is 79.9. The lowest BCUT2D eigenvalue weighted by Gasteiger charge is -1.96. The van der Waals surface area contributed by atoms with Crippen molar-refractivity contribution in [3.8, 4) is 11.5 Å². The van der Waals surface area contributed by atoms with Gasteiger partial charge in [-0.3, -0.25) is 0 Å². The number of hydrogen-bond acceptors (Lipinski definition) is 3. The van der Waals surface area contributed by atoms with Crippen molar-refractivity contribution in [2.24, 2.45) is 0 Å². The Labute approximate surface area is 98.1 Å². The first kappa shape index (κ1) is 9.96. The van der Waals surface area contributed by atoms with Crippen LogP contribution in [0.15, 0.2) is 27.5 Å². The first-order valence-electron chi connectivity index (χ1n) is 3.61. The fourth-order valence-electron chi connectivity index (χ4n) is 0.952. The van der Waals surface area contributed by atoms with Crippen LogP contribution in [0.4, 0.5) is 0 Å². The summed E-state index contributed by atoms with van der Waals surface area (Å²) in [5.41, 5.74) is 0.734. The minimum atomic E-state index is 0.399. The van der Waals surface area contributed by atoms with Gasteiger partial charge in [-0.25, -0.2) is 0 Å². The summed E-state index contributed by atoms with van der Waals surface area (Å²) in [4.78, 5) is 3.99. The lowest BCUT2D eigenvalue weighted by Crippen LogP contribution is -1.77. The summed E-state index contributed by atoms with van der Waals surface area (Å²) in [6.07, 6.45) is 0.